The molecule has 0 aromatic heterocycles. The first-order valence-electron chi connectivity index (χ1n) is 7.51. The number of hydrogen-bond acceptors (Lipinski definition) is 4. The second-order valence-corrected chi connectivity index (χ2v) is 5.84. The number of rotatable bonds is 1. The van der Waals surface area contributed by atoms with Crippen molar-refractivity contribution in [1.29, 1.82) is 0 Å². The van der Waals surface area contributed by atoms with Gasteiger partial charge in [-0.05, 0) is 29.3 Å². The van der Waals surface area contributed by atoms with E-state index in [0.717, 1.165) is 11.1 Å². The van der Waals surface area contributed by atoms with Gasteiger partial charge in [-0.3, -0.25) is 14.4 Å². The number of Topliss-reactive ketones (excluding diaryl/α,β-unsaturated/α-hetero) is 2. The zero-order chi connectivity index (χ0) is 16.8. The summed E-state index contributed by atoms with van der Waals surface area (Å²) in [4.78, 5) is 36.3. The Labute approximate surface area is 137 Å². The summed E-state index contributed by atoms with van der Waals surface area (Å²) in [5.74, 6) is -0.899. The van der Waals surface area contributed by atoms with Crippen molar-refractivity contribution in [3.05, 3.63) is 87.2 Å². The van der Waals surface area contributed by atoms with E-state index in [-0.39, 0.29) is 22.5 Å². The fourth-order valence-corrected chi connectivity index (χ4v) is 3.24. The highest BCUT2D eigenvalue weighted by atomic mass is 16.3. The molecule has 2 aromatic carbocycles. The van der Waals surface area contributed by atoms with Crippen molar-refractivity contribution < 1.29 is 19.5 Å². The molecule has 4 nitrogen and oxygen atoms in total. The number of allylic oxidation sites excluding steroid dienone is 2. The summed E-state index contributed by atoms with van der Waals surface area (Å²) in [7, 11) is 0. The molecule has 4 rings (SSSR count). The first-order chi connectivity index (χ1) is 11.6. The van der Waals surface area contributed by atoms with E-state index in [1.54, 1.807) is 6.08 Å². The average molecular weight is 316 g/mol. The van der Waals surface area contributed by atoms with Gasteiger partial charge in [0.05, 0.1) is 5.57 Å². The number of aliphatic hydroxyl groups excluding tert-OH is 1. The molecule has 0 amide bonds. The topological polar surface area (TPSA) is 71.4 Å². The number of carbonyl (C=O) groups excluding carboxylic acids is 3. The summed E-state index contributed by atoms with van der Waals surface area (Å²) in [6, 6.07) is 11.9. The van der Waals surface area contributed by atoms with E-state index >= 15 is 0 Å². The molecule has 24 heavy (non-hydrogen) atoms. The molecule has 0 aliphatic heterocycles. The highest BCUT2D eigenvalue weighted by Gasteiger charge is 2.37. The van der Waals surface area contributed by atoms with Crippen LogP contribution in [-0.4, -0.2) is 23.0 Å². The fourth-order valence-electron chi connectivity index (χ4n) is 3.24. The Hall–Kier alpha value is -3.27. The summed E-state index contributed by atoms with van der Waals surface area (Å²) in [6.45, 7) is 0. The van der Waals surface area contributed by atoms with Crippen LogP contribution in [0.15, 0.2) is 59.4 Å². The molecule has 4 heteroatoms. The highest BCUT2D eigenvalue weighted by molar-refractivity contribution is 6.40. The number of ketones is 2. The van der Waals surface area contributed by atoms with Crippen LogP contribution in [0.3, 0.4) is 0 Å². The summed E-state index contributed by atoms with van der Waals surface area (Å²) >= 11 is 0. The van der Waals surface area contributed by atoms with E-state index in [9.17, 15) is 19.5 Å². The molecule has 0 unspecified atom stereocenters. The van der Waals surface area contributed by atoms with Crippen LogP contribution in [0, 0.1) is 0 Å². The number of carbonyl (C=O) groups is 3. The minimum atomic E-state index is -0.437. The molecule has 0 saturated carbocycles. The molecule has 1 N–H and O–H groups in total. The first-order valence-corrected chi connectivity index (χ1v) is 7.51. The number of aliphatic hydroxyl groups is 1. The molecule has 0 heterocycles. The highest BCUT2D eigenvalue weighted by Crippen LogP contribution is 2.35. The SMILES string of the molecule is O=Cc1ccc2c(c1)C(=O)/C(=C1/Cc3ccccc3C=C1O)C2=O. The Morgan fingerprint density at radius 2 is 1.71 bits per heavy atom. The molecule has 0 atom stereocenters. The molecule has 0 radical (unpaired) electrons. The molecule has 0 bridgehead atoms. The van der Waals surface area contributed by atoms with Crippen LogP contribution >= 0.6 is 0 Å². The van der Waals surface area contributed by atoms with E-state index in [4.69, 9.17) is 0 Å². The molecule has 116 valence electrons. The average Bonchev–Trinajstić information content (AvgIpc) is 2.85. The van der Waals surface area contributed by atoms with E-state index in [2.05, 4.69) is 0 Å². The summed E-state index contributed by atoms with van der Waals surface area (Å²) < 4.78 is 0. The summed E-state index contributed by atoms with van der Waals surface area (Å²) in [5.41, 5.74) is 3.00. The van der Waals surface area contributed by atoms with Crippen LogP contribution in [0.5, 0.6) is 0 Å². The van der Waals surface area contributed by atoms with Gasteiger partial charge < -0.3 is 5.11 Å². The molecular formula is C20H12O4. The maximum atomic E-state index is 12.7. The van der Waals surface area contributed by atoms with Crippen LogP contribution in [0.2, 0.25) is 0 Å². The monoisotopic (exact) mass is 316 g/mol. The Morgan fingerprint density at radius 1 is 0.958 bits per heavy atom. The molecule has 0 saturated heterocycles. The number of aldehydes is 1. The van der Waals surface area contributed by atoms with Gasteiger partial charge in [-0.2, -0.15) is 0 Å². The second kappa shape index (κ2) is 5.13. The van der Waals surface area contributed by atoms with Crippen molar-refractivity contribution >= 4 is 23.9 Å². The van der Waals surface area contributed by atoms with Gasteiger partial charge in [-0.25, -0.2) is 0 Å². The van der Waals surface area contributed by atoms with Gasteiger partial charge in [-0.15, -0.1) is 0 Å². The van der Waals surface area contributed by atoms with Crippen LogP contribution in [0.25, 0.3) is 6.08 Å². The van der Waals surface area contributed by atoms with E-state index in [1.807, 2.05) is 24.3 Å². The largest absolute Gasteiger partial charge is 0.508 e. The molecular weight excluding hydrogens is 304 g/mol. The van der Waals surface area contributed by atoms with Crippen LogP contribution < -0.4 is 0 Å². The van der Waals surface area contributed by atoms with Crippen molar-refractivity contribution in [1.82, 2.24) is 0 Å². The first kappa shape index (κ1) is 14.3. The van der Waals surface area contributed by atoms with Crippen LogP contribution in [-0.2, 0) is 6.42 Å². The minimum Gasteiger partial charge on any atom is -0.508 e. The van der Waals surface area contributed by atoms with E-state index < -0.39 is 11.6 Å². The quantitative estimate of drug-likeness (QED) is 0.497. The predicted octanol–water partition coefficient (Wildman–Crippen LogP) is 3.33. The lowest BCUT2D eigenvalue weighted by molar-refractivity contribution is 0.0985. The Morgan fingerprint density at radius 3 is 2.50 bits per heavy atom. The Balaban J connectivity index is 1.89. The van der Waals surface area contributed by atoms with Gasteiger partial charge in [0.15, 0.2) is 11.6 Å². The Kier molecular flexibility index (Phi) is 3.06. The van der Waals surface area contributed by atoms with Gasteiger partial charge >= 0.3 is 0 Å². The number of hydrogen-bond donors (Lipinski definition) is 1. The molecule has 0 spiro atoms. The minimum absolute atomic E-state index is 0.00342. The number of fused-ring (bicyclic) bond motifs is 2. The summed E-state index contributed by atoms with van der Waals surface area (Å²) in [6.07, 6.45) is 2.53. The van der Waals surface area contributed by atoms with Crippen molar-refractivity contribution in [3.8, 4) is 0 Å². The zero-order valence-electron chi connectivity index (χ0n) is 12.6. The standard InChI is InChI=1S/C20H12O4/c21-10-11-5-6-14-15(7-11)20(24)18(19(14)23)16-8-12-3-1-2-4-13(12)9-17(16)22/h1-7,9-10,22H,8H2/b18-16-. The maximum absolute atomic E-state index is 12.7. The van der Waals surface area contributed by atoms with Crippen molar-refractivity contribution in [2.75, 3.05) is 0 Å². The van der Waals surface area contributed by atoms with E-state index in [1.165, 1.54) is 18.2 Å². The lowest BCUT2D eigenvalue weighted by atomic mass is 9.88. The van der Waals surface area contributed by atoms with Gasteiger partial charge in [0, 0.05) is 28.7 Å². The van der Waals surface area contributed by atoms with Crippen molar-refractivity contribution in [2.24, 2.45) is 0 Å². The van der Waals surface area contributed by atoms with E-state index in [0.29, 0.717) is 23.8 Å². The van der Waals surface area contributed by atoms with Gasteiger partial charge in [-0.1, -0.05) is 30.3 Å². The fraction of sp³-hybridized carbons (Fsp3) is 0.0500. The van der Waals surface area contributed by atoms with Crippen LogP contribution in [0.4, 0.5) is 0 Å². The predicted molar refractivity (Wildman–Crippen MR) is 88.3 cm³/mol. The molecule has 2 aliphatic rings. The third-order valence-electron chi connectivity index (χ3n) is 4.45. The third-order valence-corrected chi connectivity index (χ3v) is 4.45. The van der Waals surface area contributed by atoms with Crippen molar-refractivity contribution in [2.45, 2.75) is 6.42 Å². The third kappa shape index (κ3) is 1.97. The van der Waals surface area contributed by atoms with Crippen LogP contribution in [0.1, 0.15) is 42.2 Å². The second-order valence-electron chi connectivity index (χ2n) is 5.84. The molecule has 2 aliphatic carbocycles. The normalized spacial score (nSPS) is 18.9. The molecule has 2 aromatic rings. The lowest BCUT2D eigenvalue weighted by Gasteiger charge is -2.17. The van der Waals surface area contributed by atoms with Gasteiger partial charge in [0.25, 0.3) is 0 Å². The lowest BCUT2D eigenvalue weighted by Crippen LogP contribution is -2.12. The summed E-state index contributed by atoms with van der Waals surface area (Å²) in [5, 5.41) is 10.3. The smallest absolute Gasteiger partial charge is 0.198 e. The Bertz CT molecular complexity index is 992. The van der Waals surface area contributed by atoms with Gasteiger partial charge in [0.1, 0.15) is 12.0 Å². The molecule has 0 fully saturated rings. The zero-order valence-corrected chi connectivity index (χ0v) is 12.6. The van der Waals surface area contributed by atoms with Gasteiger partial charge in [0.2, 0.25) is 0 Å². The number of benzene rings is 2. The van der Waals surface area contributed by atoms with Crippen molar-refractivity contribution in [3.63, 3.8) is 0 Å². The maximum Gasteiger partial charge on any atom is 0.198 e.